The topological polar surface area (TPSA) is 106 Å². The van der Waals surface area contributed by atoms with Gasteiger partial charge in [-0.15, -0.1) is 0 Å². The van der Waals surface area contributed by atoms with Crippen LogP contribution in [0.3, 0.4) is 0 Å². The molecular weight excluding hydrogens is 338 g/mol. The first kappa shape index (κ1) is 19.6. The normalized spacial score (nSPS) is 12.0. The molecule has 0 aliphatic heterocycles. The molecule has 140 valence electrons. The molecule has 0 saturated carbocycles. The van der Waals surface area contributed by atoms with Gasteiger partial charge in [0.1, 0.15) is 6.04 Å². The summed E-state index contributed by atoms with van der Waals surface area (Å²) in [5, 5.41) is 0. The highest BCUT2D eigenvalue weighted by molar-refractivity contribution is 5.75. The molecule has 0 amide bonds. The number of carbonyl (C=O) groups is 1. The highest BCUT2D eigenvalue weighted by Gasteiger charge is 2.15. The zero-order chi connectivity index (χ0) is 19.3. The first-order chi connectivity index (χ1) is 12.4. The third-order valence-electron chi connectivity index (χ3n) is 4.03. The largest absolute Gasteiger partial charge is 0.468 e. The third-order valence-corrected chi connectivity index (χ3v) is 4.03. The molecule has 0 spiro atoms. The van der Waals surface area contributed by atoms with Crippen molar-refractivity contribution in [3.05, 3.63) is 62.4 Å². The first-order valence-corrected chi connectivity index (χ1v) is 8.21. The summed E-state index contributed by atoms with van der Waals surface area (Å²) in [6.07, 6.45) is 0.299. The third kappa shape index (κ3) is 4.27. The fourth-order valence-corrected chi connectivity index (χ4v) is 2.52. The molecule has 26 heavy (non-hydrogen) atoms. The van der Waals surface area contributed by atoms with E-state index in [9.17, 15) is 14.4 Å². The molecule has 0 radical (unpaired) electrons. The number of nitrogens with two attached hydrogens (primary N) is 1. The number of rotatable bonds is 7. The van der Waals surface area contributed by atoms with E-state index in [1.807, 2.05) is 6.92 Å². The van der Waals surface area contributed by atoms with Crippen molar-refractivity contribution >= 4 is 5.97 Å². The quantitative estimate of drug-likeness (QED) is 0.702. The lowest BCUT2D eigenvalue weighted by atomic mass is 10.1. The molecule has 8 heteroatoms. The van der Waals surface area contributed by atoms with Crippen LogP contribution >= 0.6 is 0 Å². The van der Waals surface area contributed by atoms with Gasteiger partial charge in [0.15, 0.2) is 0 Å². The van der Waals surface area contributed by atoms with Crippen LogP contribution in [-0.2, 0) is 34.3 Å². The van der Waals surface area contributed by atoms with Gasteiger partial charge in [-0.1, -0.05) is 12.1 Å². The maximum atomic E-state index is 12.6. The number of hydrogen-bond donors (Lipinski definition) is 1. The second-order valence-corrected chi connectivity index (χ2v) is 5.79. The summed E-state index contributed by atoms with van der Waals surface area (Å²) in [6, 6.07) is 7.35. The van der Waals surface area contributed by atoms with Gasteiger partial charge < -0.3 is 15.2 Å². The van der Waals surface area contributed by atoms with Crippen LogP contribution in [0.1, 0.15) is 18.2 Å². The standard InChI is InChI=1S/C18H23N3O5/c1-4-26-11-14-10-16(22)21(18(24)20(14)2)13-7-5-12(6-8-13)9-15(19)17(23)25-3/h5-8,10,15H,4,9,11,19H2,1-3H3/t15-/m0/s1. The summed E-state index contributed by atoms with van der Waals surface area (Å²) in [5.41, 5.74) is 6.60. The van der Waals surface area contributed by atoms with Gasteiger partial charge in [0, 0.05) is 19.7 Å². The fourth-order valence-electron chi connectivity index (χ4n) is 2.52. The molecule has 0 aliphatic rings. The number of ether oxygens (including phenoxy) is 2. The molecule has 1 aromatic heterocycles. The summed E-state index contributed by atoms with van der Waals surface area (Å²) >= 11 is 0. The Bertz CT molecular complexity index is 883. The highest BCUT2D eigenvalue weighted by atomic mass is 16.5. The van der Waals surface area contributed by atoms with E-state index < -0.39 is 23.3 Å². The number of hydrogen-bond acceptors (Lipinski definition) is 6. The molecule has 0 unspecified atom stereocenters. The summed E-state index contributed by atoms with van der Waals surface area (Å²) in [6.45, 7) is 2.53. The zero-order valence-electron chi connectivity index (χ0n) is 15.1. The average Bonchev–Trinajstić information content (AvgIpc) is 2.64. The molecule has 0 saturated heterocycles. The van der Waals surface area contributed by atoms with Crippen LogP contribution in [0.15, 0.2) is 39.9 Å². The minimum atomic E-state index is -0.765. The zero-order valence-corrected chi connectivity index (χ0v) is 15.1. The molecule has 0 bridgehead atoms. The van der Waals surface area contributed by atoms with Crippen LogP contribution in [0.5, 0.6) is 0 Å². The lowest BCUT2D eigenvalue weighted by Gasteiger charge is -2.13. The van der Waals surface area contributed by atoms with Gasteiger partial charge in [0.2, 0.25) is 0 Å². The Kier molecular flexibility index (Phi) is 6.48. The molecule has 2 rings (SSSR count). The molecule has 1 atom stereocenters. The number of aromatic nitrogens is 2. The lowest BCUT2D eigenvalue weighted by Crippen LogP contribution is -2.39. The van der Waals surface area contributed by atoms with Crippen LogP contribution in [0, 0.1) is 0 Å². The van der Waals surface area contributed by atoms with Crippen molar-refractivity contribution in [3.8, 4) is 5.69 Å². The number of nitrogens with zero attached hydrogens (tertiary/aromatic N) is 2. The number of methoxy groups -OCH3 is 1. The number of esters is 1. The van der Waals surface area contributed by atoms with E-state index in [1.165, 1.54) is 17.7 Å². The van der Waals surface area contributed by atoms with E-state index in [1.54, 1.807) is 31.3 Å². The van der Waals surface area contributed by atoms with Crippen LogP contribution in [0.2, 0.25) is 0 Å². The van der Waals surface area contributed by atoms with Crippen molar-refractivity contribution in [2.24, 2.45) is 12.8 Å². The van der Waals surface area contributed by atoms with E-state index >= 15 is 0 Å². The summed E-state index contributed by atoms with van der Waals surface area (Å²) in [5.74, 6) is -0.496. The van der Waals surface area contributed by atoms with E-state index in [0.29, 0.717) is 24.4 Å². The molecule has 8 nitrogen and oxygen atoms in total. The predicted molar refractivity (Wildman–Crippen MR) is 96.3 cm³/mol. The van der Waals surface area contributed by atoms with Gasteiger partial charge in [-0.25, -0.2) is 9.36 Å². The van der Waals surface area contributed by atoms with Crippen molar-refractivity contribution in [2.45, 2.75) is 26.0 Å². The van der Waals surface area contributed by atoms with Gasteiger partial charge in [0.05, 0.1) is 25.1 Å². The summed E-state index contributed by atoms with van der Waals surface area (Å²) in [7, 11) is 2.87. The minimum absolute atomic E-state index is 0.197. The Balaban J connectivity index is 2.32. The van der Waals surface area contributed by atoms with Crippen LogP contribution < -0.4 is 17.0 Å². The Labute approximate surface area is 150 Å². The number of benzene rings is 1. The molecule has 2 N–H and O–H groups in total. The Morgan fingerprint density at radius 2 is 1.88 bits per heavy atom. The van der Waals surface area contributed by atoms with Gasteiger partial charge in [0.25, 0.3) is 5.56 Å². The van der Waals surface area contributed by atoms with Crippen molar-refractivity contribution in [1.82, 2.24) is 9.13 Å². The van der Waals surface area contributed by atoms with Crippen molar-refractivity contribution in [1.29, 1.82) is 0 Å². The average molecular weight is 361 g/mol. The second-order valence-electron chi connectivity index (χ2n) is 5.79. The molecule has 0 fully saturated rings. The van der Waals surface area contributed by atoms with E-state index in [0.717, 1.165) is 10.1 Å². The van der Waals surface area contributed by atoms with Crippen LogP contribution in [0.25, 0.3) is 5.69 Å². The van der Waals surface area contributed by atoms with Crippen LogP contribution in [-0.4, -0.2) is 34.9 Å². The minimum Gasteiger partial charge on any atom is -0.468 e. The van der Waals surface area contributed by atoms with E-state index in [4.69, 9.17) is 10.5 Å². The van der Waals surface area contributed by atoms with Crippen molar-refractivity contribution in [2.75, 3.05) is 13.7 Å². The summed E-state index contributed by atoms with van der Waals surface area (Å²) in [4.78, 5) is 36.3. The van der Waals surface area contributed by atoms with Crippen molar-refractivity contribution in [3.63, 3.8) is 0 Å². The van der Waals surface area contributed by atoms with E-state index in [-0.39, 0.29) is 6.61 Å². The SMILES string of the molecule is CCOCc1cc(=O)n(-c2ccc(C[C@H](N)C(=O)OC)cc2)c(=O)n1C. The highest BCUT2D eigenvalue weighted by Crippen LogP contribution is 2.09. The smallest absolute Gasteiger partial charge is 0.335 e. The van der Waals surface area contributed by atoms with Gasteiger partial charge in [-0.05, 0) is 31.0 Å². The van der Waals surface area contributed by atoms with Crippen LogP contribution in [0.4, 0.5) is 0 Å². The second kappa shape index (κ2) is 8.59. The van der Waals surface area contributed by atoms with Gasteiger partial charge in [-0.2, -0.15) is 0 Å². The lowest BCUT2D eigenvalue weighted by molar-refractivity contribution is -0.142. The van der Waals surface area contributed by atoms with E-state index in [2.05, 4.69) is 4.74 Å². The van der Waals surface area contributed by atoms with Crippen molar-refractivity contribution < 1.29 is 14.3 Å². The molecular formula is C18H23N3O5. The maximum Gasteiger partial charge on any atom is 0.335 e. The fraction of sp³-hybridized carbons (Fsp3) is 0.389. The Morgan fingerprint density at radius 3 is 2.46 bits per heavy atom. The Hall–Kier alpha value is -2.71. The maximum absolute atomic E-state index is 12.6. The summed E-state index contributed by atoms with van der Waals surface area (Å²) < 4.78 is 12.3. The molecule has 1 aromatic carbocycles. The van der Waals surface area contributed by atoms with Gasteiger partial charge >= 0.3 is 11.7 Å². The van der Waals surface area contributed by atoms with Gasteiger partial charge in [-0.3, -0.25) is 14.2 Å². The monoisotopic (exact) mass is 361 g/mol. The first-order valence-electron chi connectivity index (χ1n) is 8.21. The Morgan fingerprint density at radius 1 is 1.23 bits per heavy atom. The number of carbonyl (C=O) groups excluding carboxylic acids is 1. The molecule has 0 aliphatic carbocycles. The molecule has 1 heterocycles. The molecule has 2 aromatic rings. The predicted octanol–water partition coefficient (Wildman–Crippen LogP) is 0.116.